The largest absolute Gasteiger partial charge is 0.328 e. The molecule has 1 aromatic heterocycles. The Kier molecular flexibility index (Phi) is 5.02. The van der Waals surface area contributed by atoms with Crippen molar-refractivity contribution in [2.24, 2.45) is 0 Å². The summed E-state index contributed by atoms with van der Waals surface area (Å²) in [7, 11) is 0. The quantitative estimate of drug-likeness (QED) is 0.887. The Labute approximate surface area is 126 Å². The monoisotopic (exact) mass is 287 g/mol. The van der Waals surface area contributed by atoms with Crippen LogP contribution in [0.3, 0.4) is 0 Å². The van der Waals surface area contributed by atoms with E-state index in [2.05, 4.69) is 44.3 Å². The van der Waals surface area contributed by atoms with E-state index in [1.54, 1.807) is 9.13 Å². The number of rotatable bonds is 6. The maximum atomic E-state index is 12.2. The highest BCUT2D eigenvalue weighted by atomic mass is 16.1. The summed E-state index contributed by atoms with van der Waals surface area (Å²) < 4.78 is 3.52. The number of hydrogen-bond donors (Lipinski definition) is 1. The standard InChI is InChI=1S/C17H25N3O/c1-5-18-16(15-8-7-13(3)11-14(15)4)12-20-10-9-19(6-2)17(20)21/h7-11,16,18H,5-6,12H2,1-4H3. The zero-order valence-electron chi connectivity index (χ0n) is 13.4. The van der Waals surface area contributed by atoms with E-state index in [9.17, 15) is 4.79 Å². The van der Waals surface area contributed by atoms with Crippen molar-refractivity contribution in [3.05, 3.63) is 57.8 Å². The molecule has 0 amide bonds. The molecular weight excluding hydrogens is 262 g/mol. The van der Waals surface area contributed by atoms with Crippen molar-refractivity contribution in [1.82, 2.24) is 14.5 Å². The first-order valence-electron chi connectivity index (χ1n) is 7.62. The zero-order chi connectivity index (χ0) is 15.4. The molecule has 0 aliphatic heterocycles. The molecule has 0 aliphatic carbocycles. The molecule has 0 saturated carbocycles. The first-order chi connectivity index (χ1) is 10.1. The van der Waals surface area contributed by atoms with Gasteiger partial charge in [0.1, 0.15) is 0 Å². The van der Waals surface area contributed by atoms with Crippen LogP contribution in [0, 0.1) is 13.8 Å². The fourth-order valence-electron chi connectivity index (χ4n) is 2.77. The van der Waals surface area contributed by atoms with Gasteiger partial charge >= 0.3 is 5.69 Å². The second-order valence-corrected chi connectivity index (χ2v) is 5.49. The molecule has 1 aromatic carbocycles. The van der Waals surface area contributed by atoms with Crippen LogP contribution in [0.1, 0.15) is 36.6 Å². The summed E-state index contributed by atoms with van der Waals surface area (Å²) in [6.45, 7) is 10.6. The summed E-state index contributed by atoms with van der Waals surface area (Å²) in [5.41, 5.74) is 3.86. The Balaban J connectivity index is 2.30. The smallest absolute Gasteiger partial charge is 0.309 e. The van der Waals surface area contributed by atoms with Gasteiger partial charge in [-0.2, -0.15) is 0 Å². The summed E-state index contributed by atoms with van der Waals surface area (Å²) in [5.74, 6) is 0. The first-order valence-corrected chi connectivity index (χ1v) is 7.62. The minimum atomic E-state index is 0.0603. The molecule has 4 nitrogen and oxygen atoms in total. The van der Waals surface area contributed by atoms with Crippen LogP contribution in [0.5, 0.6) is 0 Å². The molecule has 1 heterocycles. The summed E-state index contributed by atoms with van der Waals surface area (Å²) >= 11 is 0. The highest BCUT2D eigenvalue weighted by molar-refractivity contribution is 5.32. The van der Waals surface area contributed by atoms with Gasteiger partial charge < -0.3 is 5.32 Å². The van der Waals surface area contributed by atoms with Gasteiger partial charge in [-0.1, -0.05) is 30.7 Å². The van der Waals surface area contributed by atoms with Gasteiger partial charge in [0.05, 0.1) is 6.04 Å². The Morgan fingerprint density at radius 1 is 1.14 bits per heavy atom. The molecule has 1 unspecified atom stereocenters. The molecule has 21 heavy (non-hydrogen) atoms. The number of nitrogens with one attached hydrogen (secondary N) is 1. The molecule has 0 radical (unpaired) electrons. The van der Waals surface area contributed by atoms with E-state index >= 15 is 0 Å². The second-order valence-electron chi connectivity index (χ2n) is 5.49. The number of benzene rings is 1. The highest BCUT2D eigenvalue weighted by Gasteiger charge is 2.15. The van der Waals surface area contributed by atoms with Crippen molar-refractivity contribution >= 4 is 0 Å². The number of aryl methyl sites for hydroxylation is 3. The summed E-state index contributed by atoms with van der Waals surface area (Å²) in [4.78, 5) is 12.2. The highest BCUT2D eigenvalue weighted by Crippen LogP contribution is 2.20. The lowest BCUT2D eigenvalue weighted by Crippen LogP contribution is -2.31. The molecular formula is C17H25N3O. The van der Waals surface area contributed by atoms with Gasteiger partial charge in [0.25, 0.3) is 0 Å². The average molecular weight is 287 g/mol. The SMILES string of the molecule is CCNC(Cn1ccn(CC)c1=O)c1ccc(C)cc1C. The summed E-state index contributed by atoms with van der Waals surface area (Å²) in [5, 5.41) is 3.49. The van der Waals surface area contributed by atoms with E-state index in [-0.39, 0.29) is 11.7 Å². The van der Waals surface area contributed by atoms with Crippen molar-refractivity contribution in [3.63, 3.8) is 0 Å². The van der Waals surface area contributed by atoms with E-state index in [1.165, 1.54) is 16.7 Å². The van der Waals surface area contributed by atoms with Crippen LogP contribution in [-0.4, -0.2) is 15.7 Å². The van der Waals surface area contributed by atoms with E-state index in [0.717, 1.165) is 6.54 Å². The predicted octanol–water partition coefficient (Wildman–Crippen LogP) is 2.64. The zero-order valence-corrected chi connectivity index (χ0v) is 13.4. The number of imidazole rings is 1. The van der Waals surface area contributed by atoms with Crippen LogP contribution < -0.4 is 11.0 Å². The van der Waals surface area contributed by atoms with Crippen molar-refractivity contribution < 1.29 is 0 Å². The Hall–Kier alpha value is -1.81. The maximum absolute atomic E-state index is 12.2. The molecule has 1 atom stereocenters. The van der Waals surface area contributed by atoms with Gasteiger partial charge in [-0.05, 0) is 38.4 Å². The van der Waals surface area contributed by atoms with E-state index < -0.39 is 0 Å². The molecule has 4 heteroatoms. The van der Waals surface area contributed by atoms with Gasteiger partial charge in [0.2, 0.25) is 0 Å². The predicted molar refractivity (Wildman–Crippen MR) is 86.7 cm³/mol. The first kappa shape index (κ1) is 15.6. The molecule has 0 bridgehead atoms. The Bertz CT molecular complexity index is 654. The van der Waals surface area contributed by atoms with Crippen LogP contribution in [0.2, 0.25) is 0 Å². The molecule has 114 valence electrons. The van der Waals surface area contributed by atoms with Crippen molar-refractivity contribution in [2.75, 3.05) is 6.54 Å². The molecule has 0 fully saturated rings. The lowest BCUT2D eigenvalue weighted by Gasteiger charge is -2.21. The van der Waals surface area contributed by atoms with Crippen LogP contribution in [0.25, 0.3) is 0 Å². The normalized spacial score (nSPS) is 12.6. The molecule has 0 saturated heterocycles. The van der Waals surface area contributed by atoms with Gasteiger partial charge in [-0.3, -0.25) is 9.13 Å². The van der Waals surface area contributed by atoms with Gasteiger partial charge in [0, 0.05) is 25.5 Å². The lowest BCUT2D eigenvalue weighted by molar-refractivity contribution is 0.461. The van der Waals surface area contributed by atoms with Crippen LogP contribution in [0.4, 0.5) is 0 Å². The minimum absolute atomic E-state index is 0.0603. The van der Waals surface area contributed by atoms with Crippen LogP contribution in [0.15, 0.2) is 35.4 Å². The third-order valence-corrected chi connectivity index (χ3v) is 3.89. The van der Waals surface area contributed by atoms with E-state index in [1.807, 2.05) is 19.3 Å². The number of hydrogen-bond acceptors (Lipinski definition) is 2. The molecule has 0 spiro atoms. The Morgan fingerprint density at radius 2 is 1.86 bits per heavy atom. The van der Waals surface area contributed by atoms with E-state index in [0.29, 0.717) is 13.1 Å². The van der Waals surface area contributed by atoms with Crippen molar-refractivity contribution in [2.45, 2.75) is 46.8 Å². The lowest BCUT2D eigenvalue weighted by atomic mass is 9.99. The number of nitrogens with zero attached hydrogens (tertiary/aromatic N) is 2. The average Bonchev–Trinajstić information content (AvgIpc) is 2.79. The van der Waals surface area contributed by atoms with Gasteiger partial charge in [0.15, 0.2) is 0 Å². The molecule has 0 aliphatic rings. The summed E-state index contributed by atoms with van der Waals surface area (Å²) in [6.07, 6.45) is 3.73. The topological polar surface area (TPSA) is 39.0 Å². The summed E-state index contributed by atoms with van der Waals surface area (Å²) in [6, 6.07) is 6.65. The van der Waals surface area contributed by atoms with Gasteiger partial charge in [-0.15, -0.1) is 0 Å². The number of likely N-dealkylation sites (N-methyl/N-ethyl adjacent to an activating group) is 1. The van der Waals surface area contributed by atoms with Crippen LogP contribution in [-0.2, 0) is 13.1 Å². The minimum Gasteiger partial charge on any atom is -0.309 e. The fraction of sp³-hybridized carbons (Fsp3) is 0.471. The fourth-order valence-corrected chi connectivity index (χ4v) is 2.77. The maximum Gasteiger partial charge on any atom is 0.328 e. The van der Waals surface area contributed by atoms with Crippen molar-refractivity contribution in [1.29, 1.82) is 0 Å². The third kappa shape index (κ3) is 3.45. The number of aromatic nitrogens is 2. The van der Waals surface area contributed by atoms with E-state index in [4.69, 9.17) is 0 Å². The molecule has 1 N–H and O–H groups in total. The second kappa shape index (κ2) is 6.76. The molecule has 2 aromatic rings. The molecule has 2 rings (SSSR count). The third-order valence-electron chi connectivity index (χ3n) is 3.89. The van der Waals surface area contributed by atoms with Gasteiger partial charge in [-0.25, -0.2) is 4.79 Å². The van der Waals surface area contributed by atoms with Crippen LogP contribution >= 0.6 is 0 Å². The Morgan fingerprint density at radius 3 is 2.43 bits per heavy atom. The van der Waals surface area contributed by atoms with Crippen molar-refractivity contribution in [3.8, 4) is 0 Å².